The molecule has 1 N–H and O–H groups in total. The normalized spacial score (nSPS) is 10.4. The molecule has 1 amide bonds. The first kappa shape index (κ1) is 18.8. The molecule has 0 aliphatic heterocycles. The van der Waals surface area contributed by atoms with E-state index in [1.54, 1.807) is 12.1 Å². The van der Waals surface area contributed by atoms with Gasteiger partial charge in [0.25, 0.3) is 0 Å². The van der Waals surface area contributed by atoms with E-state index in [1.807, 2.05) is 32.0 Å². The lowest BCUT2D eigenvalue weighted by Gasteiger charge is -2.20. The van der Waals surface area contributed by atoms with Gasteiger partial charge < -0.3 is 9.47 Å². The number of ether oxygens (including phenoxy) is 2. The van der Waals surface area contributed by atoms with Gasteiger partial charge in [0.05, 0.1) is 12.8 Å². The van der Waals surface area contributed by atoms with Crippen molar-refractivity contribution in [3.05, 3.63) is 58.7 Å². The lowest BCUT2D eigenvalue weighted by Crippen LogP contribution is -2.28. The summed E-state index contributed by atoms with van der Waals surface area (Å²) < 4.78 is 10.6. The first-order chi connectivity index (χ1) is 12.0. The van der Waals surface area contributed by atoms with Crippen LogP contribution in [0.3, 0.4) is 0 Å². The molecule has 5 heteroatoms. The van der Waals surface area contributed by atoms with Gasteiger partial charge in [-0.3, -0.25) is 5.21 Å². The van der Waals surface area contributed by atoms with Crippen molar-refractivity contribution in [1.29, 1.82) is 0 Å². The molecule has 2 aromatic rings. The van der Waals surface area contributed by atoms with Crippen LogP contribution in [0.25, 0.3) is 0 Å². The average molecular weight is 343 g/mol. The molecule has 25 heavy (non-hydrogen) atoms. The monoisotopic (exact) mass is 343 g/mol. The van der Waals surface area contributed by atoms with Crippen LogP contribution in [-0.2, 0) is 24.2 Å². The first-order valence-electron chi connectivity index (χ1n) is 8.41. The topological polar surface area (TPSA) is 59.0 Å². The van der Waals surface area contributed by atoms with Crippen LogP contribution in [0, 0.1) is 6.92 Å². The van der Waals surface area contributed by atoms with Gasteiger partial charge in [-0.25, -0.2) is 4.79 Å². The van der Waals surface area contributed by atoms with Gasteiger partial charge in [-0.15, -0.1) is 0 Å². The van der Waals surface area contributed by atoms with Crippen LogP contribution in [0.15, 0.2) is 36.4 Å². The molecule has 0 aromatic heterocycles. The minimum Gasteiger partial charge on any atom is -0.489 e. The van der Waals surface area contributed by atoms with E-state index in [0.717, 1.165) is 35.3 Å². The Labute approximate surface area is 148 Å². The molecule has 0 atom stereocenters. The maximum Gasteiger partial charge on any atom is 0.438 e. The zero-order chi connectivity index (χ0) is 18.4. The molecule has 0 bridgehead atoms. The van der Waals surface area contributed by atoms with Gasteiger partial charge >= 0.3 is 6.09 Å². The Kier molecular flexibility index (Phi) is 6.42. The first-order valence-corrected chi connectivity index (χ1v) is 8.41. The van der Waals surface area contributed by atoms with E-state index in [-0.39, 0.29) is 6.61 Å². The number of amides is 1. The highest BCUT2D eigenvalue weighted by Crippen LogP contribution is 2.28. The van der Waals surface area contributed by atoms with Gasteiger partial charge in [-0.1, -0.05) is 43.7 Å². The Morgan fingerprint density at radius 3 is 2.48 bits per heavy atom. The molecule has 2 aromatic carbocycles. The Bertz CT molecular complexity index is 742. The number of methoxy groups -OCH3 is 1. The Balaban J connectivity index is 2.34. The van der Waals surface area contributed by atoms with Gasteiger partial charge in [-0.2, -0.15) is 5.06 Å². The third kappa shape index (κ3) is 4.31. The van der Waals surface area contributed by atoms with E-state index in [9.17, 15) is 10.0 Å². The fraction of sp³-hybridized carbons (Fsp3) is 0.350. The smallest absolute Gasteiger partial charge is 0.438 e. The van der Waals surface area contributed by atoms with Crippen molar-refractivity contribution >= 4 is 11.8 Å². The molecule has 0 unspecified atom stereocenters. The van der Waals surface area contributed by atoms with Crippen LogP contribution >= 0.6 is 0 Å². The highest BCUT2D eigenvalue weighted by Gasteiger charge is 2.19. The highest BCUT2D eigenvalue weighted by atomic mass is 16.6. The van der Waals surface area contributed by atoms with Crippen LogP contribution in [0.5, 0.6) is 5.75 Å². The average Bonchev–Trinajstić information content (AvgIpc) is 2.65. The van der Waals surface area contributed by atoms with E-state index < -0.39 is 6.09 Å². The Morgan fingerprint density at radius 2 is 1.84 bits per heavy atom. The van der Waals surface area contributed by atoms with Crippen LogP contribution in [0.2, 0.25) is 0 Å². The summed E-state index contributed by atoms with van der Waals surface area (Å²) in [6, 6.07) is 11.5. The molecule has 0 saturated carbocycles. The van der Waals surface area contributed by atoms with Crippen molar-refractivity contribution in [1.82, 2.24) is 0 Å². The summed E-state index contributed by atoms with van der Waals surface area (Å²) in [7, 11) is 1.23. The number of rotatable bonds is 6. The molecule has 134 valence electrons. The van der Waals surface area contributed by atoms with E-state index in [1.165, 1.54) is 12.7 Å². The Hall–Kier alpha value is -2.53. The van der Waals surface area contributed by atoms with E-state index >= 15 is 0 Å². The van der Waals surface area contributed by atoms with Crippen molar-refractivity contribution in [2.24, 2.45) is 0 Å². The van der Waals surface area contributed by atoms with Gasteiger partial charge in [0.15, 0.2) is 0 Å². The molecular weight excluding hydrogens is 318 g/mol. The molecule has 0 fully saturated rings. The van der Waals surface area contributed by atoms with Crippen LogP contribution in [0.1, 0.15) is 36.1 Å². The third-order valence-corrected chi connectivity index (χ3v) is 4.17. The van der Waals surface area contributed by atoms with Crippen molar-refractivity contribution in [2.45, 2.75) is 40.2 Å². The van der Waals surface area contributed by atoms with Gasteiger partial charge in [0.1, 0.15) is 12.4 Å². The van der Waals surface area contributed by atoms with Crippen LogP contribution < -0.4 is 9.80 Å². The van der Waals surface area contributed by atoms with E-state index in [0.29, 0.717) is 10.8 Å². The number of hydroxylamine groups is 1. The molecule has 0 aliphatic carbocycles. The second-order valence-corrected chi connectivity index (χ2v) is 5.80. The number of carbonyl (C=O) groups is 1. The number of nitrogens with zero attached hydrogens (tertiary/aromatic N) is 1. The molecule has 5 nitrogen and oxygen atoms in total. The number of benzene rings is 2. The molecule has 0 aliphatic rings. The molecule has 0 spiro atoms. The van der Waals surface area contributed by atoms with Gasteiger partial charge in [0.2, 0.25) is 0 Å². The summed E-state index contributed by atoms with van der Waals surface area (Å²) >= 11 is 0. The summed E-state index contributed by atoms with van der Waals surface area (Å²) in [6.07, 6.45) is 0.794. The largest absolute Gasteiger partial charge is 0.489 e. The van der Waals surface area contributed by atoms with Crippen molar-refractivity contribution < 1.29 is 19.5 Å². The fourth-order valence-electron chi connectivity index (χ4n) is 2.78. The number of hydrogen-bond donors (Lipinski definition) is 1. The minimum atomic E-state index is -0.834. The molecule has 0 saturated heterocycles. The number of aryl methyl sites for hydroxylation is 3. The van der Waals surface area contributed by atoms with Crippen LogP contribution in [0.4, 0.5) is 10.5 Å². The lowest BCUT2D eigenvalue weighted by atomic mass is 10.0. The maximum absolute atomic E-state index is 11.7. The zero-order valence-electron chi connectivity index (χ0n) is 15.2. The third-order valence-electron chi connectivity index (χ3n) is 4.17. The van der Waals surface area contributed by atoms with Crippen LogP contribution in [-0.4, -0.2) is 18.4 Å². The lowest BCUT2D eigenvalue weighted by molar-refractivity contribution is 0.140. The Morgan fingerprint density at radius 1 is 1.12 bits per heavy atom. The van der Waals surface area contributed by atoms with Crippen molar-refractivity contribution in [3.63, 3.8) is 0 Å². The quantitative estimate of drug-likeness (QED) is 0.612. The van der Waals surface area contributed by atoms with Crippen molar-refractivity contribution in [2.75, 3.05) is 12.2 Å². The summed E-state index contributed by atoms with van der Waals surface area (Å²) in [5.74, 6) is 0.813. The number of hydrogen-bond acceptors (Lipinski definition) is 4. The minimum absolute atomic E-state index is 0.253. The van der Waals surface area contributed by atoms with Crippen molar-refractivity contribution in [3.8, 4) is 5.75 Å². The SMILES string of the molecule is CCc1cc(C)ccc1OCc1c(CC)cccc1N(O)C(=O)OC. The second kappa shape index (κ2) is 8.53. The van der Waals surface area contributed by atoms with E-state index in [4.69, 9.17) is 4.74 Å². The molecule has 0 heterocycles. The second-order valence-electron chi connectivity index (χ2n) is 5.80. The summed E-state index contributed by atoms with van der Waals surface area (Å²) in [5.41, 5.74) is 4.46. The predicted molar refractivity (Wildman–Crippen MR) is 97.4 cm³/mol. The van der Waals surface area contributed by atoms with Gasteiger partial charge in [-0.05, 0) is 43.0 Å². The fourth-order valence-corrected chi connectivity index (χ4v) is 2.78. The molecular formula is C20H25NO4. The van der Waals surface area contributed by atoms with Gasteiger partial charge in [0, 0.05) is 5.56 Å². The number of carbonyl (C=O) groups excluding carboxylic acids is 1. The molecule has 2 rings (SSSR count). The maximum atomic E-state index is 11.7. The highest BCUT2D eigenvalue weighted by molar-refractivity contribution is 5.86. The predicted octanol–water partition coefficient (Wildman–Crippen LogP) is 4.66. The summed E-state index contributed by atoms with van der Waals surface area (Å²) in [6.45, 7) is 6.41. The standard InChI is InChI=1S/C20H25NO4/c1-5-15-8-7-9-18(21(23)20(22)24-4)17(15)13-25-19-11-10-14(3)12-16(19)6-2/h7-12,23H,5-6,13H2,1-4H3. The summed E-state index contributed by atoms with van der Waals surface area (Å²) in [5, 5.41) is 10.6. The number of anilines is 1. The van der Waals surface area contributed by atoms with E-state index in [2.05, 4.69) is 17.7 Å². The zero-order valence-corrected chi connectivity index (χ0v) is 15.2. The molecule has 0 radical (unpaired) electrons. The summed E-state index contributed by atoms with van der Waals surface area (Å²) in [4.78, 5) is 11.7.